The Morgan fingerprint density at radius 3 is 2.70 bits per heavy atom. The van der Waals surface area contributed by atoms with Crippen LogP contribution in [0.4, 0.5) is 0 Å². The van der Waals surface area contributed by atoms with Crippen LogP contribution in [0, 0.1) is 0 Å². The zero-order valence-corrected chi connectivity index (χ0v) is 12.8. The van der Waals surface area contributed by atoms with E-state index < -0.39 is 0 Å². The minimum Gasteiger partial charge on any atom is -0.370 e. The van der Waals surface area contributed by atoms with Gasteiger partial charge in [0.2, 0.25) is 0 Å². The highest BCUT2D eigenvalue weighted by molar-refractivity contribution is 5.94. The summed E-state index contributed by atoms with van der Waals surface area (Å²) in [5.74, 6) is 0.0647. The number of aromatic nitrogens is 3. The van der Waals surface area contributed by atoms with E-state index in [4.69, 9.17) is 4.74 Å². The summed E-state index contributed by atoms with van der Waals surface area (Å²) >= 11 is 0. The fourth-order valence-corrected chi connectivity index (χ4v) is 3.29. The molecule has 0 bridgehead atoms. The molecule has 1 amide bonds. The third-order valence-electron chi connectivity index (χ3n) is 4.57. The van der Waals surface area contributed by atoms with Crippen LogP contribution >= 0.6 is 0 Å². The average Bonchev–Trinajstić information content (AvgIpc) is 3.27. The third-order valence-corrected chi connectivity index (χ3v) is 4.57. The van der Waals surface area contributed by atoms with Gasteiger partial charge in [0.05, 0.1) is 18.8 Å². The lowest BCUT2D eigenvalue weighted by atomic mass is 10.00. The van der Waals surface area contributed by atoms with Gasteiger partial charge in [-0.3, -0.25) is 9.36 Å². The van der Waals surface area contributed by atoms with Crippen molar-refractivity contribution >= 4 is 5.91 Å². The molecule has 3 heterocycles. The first-order valence-electron chi connectivity index (χ1n) is 7.85. The van der Waals surface area contributed by atoms with E-state index in [1.165, 1.54) is 0 Å². The maximum atomic E-state index is 12.8. The Labute approximate surface area is 134 Å². The monoisotopic (exact) mass is 313 g/mol. The molecule has 0 aliphatic carbocycles. The number of carbonyl (C=O) groups excluding carboxylic acids is 1. The van der Waals surface area contributed by atoms with E-state index in [1.807, 2.05) is 33.7 Å². The second-order valence-electron chi connectivity index (χ2n) is 6.10. The van der Waals surface area contributed by atoms with E-state index in [0.717, 1.165) is 25.2 Å². The second kappa shape index (κ2) is 5.75. The first-order valence-corrected chi connectivity index (χ1v) is 7.85. The second-order valence-corrected chi connectivity index (χ2v) is 6.10. The van der Waals surface area contributed by atoms with E-state index in [0.29, 0.717) is 25.3 Å². The van der Waals surface area contributed by atoms with Crippen molar-refractivity contribution in [3.63, 3.8) is 0 Å². The largest absolute Gasteiger partial charge is 0.370 e. The number of morpholine rings is 1. The molecule has 1 N–H and O–H groups in total. The highest BCUT2D eigenvalue weighted by atomic mass is 16.5. The lowest BCUT2D eigenvalue weighted by Gasteiger charge is -2.40. The summed E-state index contributed by atoms with van der Waals surface area (Å²) in [7, 11) is 0. The van der Waals surface area contributed by atoms with Crippen LogP contribution in [0.2, 0.25) is 0 Å². The van der Waals surface area contributed by atoms with Gasteiger partial charge in [-0.1, -0.05) is 0 Å². The van der Waals surface area contributed by atoms with Crippen LogP contribution in [0.25, 0.3) is 5.69 Å². The van der Waals surface area contributed by atoms with Gasteiger partial charge in [0.1, 0.15) is 12.7 Å². The molecule has 2 fully saturated rings. The van der Waals surface area contributed by atoms with E-state index in [1.54, 1.807) is 12.7 Å². The summed E-state index contributed by atoms with van der Waals surface area (Å²) in [4.78, 5) is 14.7. The number of nitrogens with one attached hydrogen (secondary N) is 1. The minimum absolute atomic E-state index is 0.0647. The molecule has 23 heavy (non-hydrogen) atoms. The number of ether oxygens (including phenoxy) is 1. The fourth-order valence-electron chi connectivity index (χ4n) is 3.29. The predicted octanol–water partition coefficient (Wildman–Crippen LogP) is 0.472. The molecule has 4 rings (SSSR count). The summed E-state index contributed by atoms with van der Waals surface area (Å²) in [5.41, 5.74) is 1.44. The van der Waals surface area contributed by atoms with Gasteiger partial charge in [-0.15, -0.1) is 10.2 Å². The van der Waals surface area contributed by atoms with Gasteiger partial charge >= 0.3 is 0 Å². The summed E-state index contributed by atoms with van der Waals surface area (Å²) in [6.07, 6.45) is 4.23. The molecule has 120 valence electrons. The van der Waals surface area contributed by atoms with Crippen molar-refractivity contribution in [1.29, 1.82) is 0 Å². The van der Waals surface area contributed by atoms with E-state index in [-0.39, 0.29) is 11.5 Å². The van der Waals surface area contributed by atoms with E-state index in [2.05, 4.69) is 15.5 Å². The molecule has 1 aromatic heterocycles. The van der Waals surface area contributed by atoms with Crippen LogP contribution in [0.5, 0.6) is 0 Å². The van der Waals surface area contributed by atoms with Crippen LogP contribution in [0.15, 0.2) is 36.9 Å². The number of rotatable bonds is 2. The first kappa shape index (κ1) is 14.3. The van der Waals surface area contributed by atoms with Gasteiger partial charge < -0.3 is 15.0 Å². The van der Waals surface area contributed by atoms with Crippen LogP contribution in [-0.4, -0.2) is 64.0 Å². The zero-order chi connectivity index (χ0) is 15.7. The van der Waals surface area contributed by atoms with Gasteiger partial charge in [0.25, 0.3) is 5.91 Å². The molecule has 1 aromatic carbocycles. The molecule has 2 aliphatic heterocycles. The summed E-state index contributed by atoms with van der Waals surface area (Å²) in [6.45, 7) is 3.69. The Morgan fingerprint density at radius 1 is 1.22 bits per heavy atom. The number of hydrogen-bond donors (Lipinski definition) is 1. The highest BCUT2D eigenvalue weighted by Crippen LogP contribution is 2.25. The van der Waals surface area contributed by atoms with Crippen LogP contribution in [-0.2, 0) is 4.74 Å². The lowest BCUT2D eigenvalue weighted by Crippen LogP contribution is -2.54. The van der Waals surface area contributed by atoms with Crippen molar-refractivity contribution in [2.24, 2.45) is 0 Å². The maximum Gasteiger partial charge on any atom is 0.254 e. The molecule has 7 nitrogen and oxygen atoms in total. The fraction of sp³-hybridized carbons (Fsp3) is 0.438. The van der Waals surface area contributed by atoms with Crippen LogP contribution in [0.1, 0.15) is 16.8 Å². The van der Waals surface area contributed by atoms with Gasteiger partial charge in [-0.2, -0.15) is 0 Å². The Bertz CT molecular complexity index is 677. The number of hydrogen-bond acceptors (Lipinski definition) is 5. The number of benzene rings is 1. The molecule has 1 unspecified atom stereocenters. The molecule has 0 saturated carbocycles. The van der Waals surface area contributed by atoms with Crippen molar-refractivity contribution in [1.82, 2.24) is 25.0 Å². The summed E-state index contributed by atoms with van der Waals surface area (Å²) in [5, 5.41) is 10.9. The Morgan fingerprint density at radius 2 is 2.00 bits per heavy atom. The standard InChI is InChI=1S/C16H19N5O2/c22-15(20-7-8-23-16(10-20)5-6-17-9-16)13-1-3-14(4-2-13)21-11-18-19-12-21/h1-4,11-12,17H,5-10H2. The lowest BCUT2D eigenvalue weighted by molar-refractivity contribution is -0.0866. The molecule has 1 atom stereocenters. The van der Waals surface area contributed by atoms with Crippen molar-refractivity contribution < 1.29 is 9.53 Å². The van der Waals surface area contributed by atoms with E-state index >= 15 is 0 Å². The van der Waals surface area contributed by atoms with Crippen molar-refractivity contribution in [3.05, 3.63) is 42.5 Å². The number of amides is 1. The zero-order valence-electron chi connectivity index (χ0n) is 12.8. The van der Waals surface area contributed by atoms with Gasteiger partial charge in [0.15, 0.2) is 0 Å². The Kier molecular flexibility index (Phi) is 3.59. The van der Waals surface area contributed by atoms with Gasteiger partial charge in [-0.05, 0) is 37.2 Å². The molecule has 2 saturated heterocycles. The molecule has 2 aliphatic rings. The Hall–Kier alpha value is -2.25. The van der Waals surface area contributed by atoms with Crippen molar-refractivity contribution in [2.75, 3.05) is 32.8 Å². The smallest absolute Gasteiger partial charge is 0.254 e. The Balaban J connectivity index is 1.50. The molecule has 1 spiro atoms. The average molecular weight is 313 g/mol. The van der Waals surface area contributed by atoms with Gasteiger partial charge in [0, 0.05) is 24.3 Å². The molecule has 0 radical (unpaired) electrons. The molecule has 2 aromatic rings. The van der Waals surface area contributed by atoms with Gasteiger partial charge in [-0.25, -0.2) is 0 Å². The molecular weight excluding hydrogens is 294 g/mol. The van der Waals surface area contributed by atoms with Crippen molar-refractivity contribution in [2.45, 2.75) is 12.0 Å². The van der Waals surface area contributed by atoms with Crippen LogP contribution in [0.3, 0.4) is 0 Å². The number of nitrogens with zero attached hydrogens (tertiary/aromatic N) is 4. The molecule has 7 heteroatoms. The van der Waals surface area contributed by atoms with E-state index in [9.17, 15) is 4.79 Å². The highest BCUT2D eigenvalue weighted by Gasteiger charge is 2.40. The summed E-state index contributed by atoms with van der Waals surface area (Å²) in [6, 6.07) is 7.52. The SMILES string of the molecule is O=C(c1ccc(-n2cnnc2)cc1)N1CCOC2(CCNC2)C1. The predicted molar refractivity (Wildman–Crippen MR) is 83.4 cm³/mol. The van der Waals surface area contributed by atoms with Crippen LogP contribution < -0.4 is 5.32 Å². The molecular formula is C16H19N5O2. The normalized spacial score (nSPS) is 24.3. The quantitative estimate of drug-likeness (QED) is 0.873. The minimum atomic E-state index is -0.198. The summed E-state index contributed by atoms with van der Waals surface area (Å²) < 4.78 is 7.74. The number of carbonyl (C=O) groups is 1. The third kappa shape index (κ3) is 2.73. The topological polar surface area (TPSA) is 72.3 Å². The van der Waals surface area contributed by atoms with Crippen molar-refractivity contribution in [3.8, 4) is 5.69 Å². The maximum absolute atomic E-state index is 12.8. The first-order chi connectivity index (χ1) is 11.3.